The number of nitrogens with one attached hydrogen (secondary N) is 1. The lowest BCUT2D eigenvalue weighted by Gasteiger charge is -1.99. The van der Waals surface area contributed by atoms with Gasteiger partial charge >= 0.3 is 5.97 Å². The third kappa shape index (κ3) is 2.60. The van der Waals surface area contributed by atoms with Crippen LogP contribution in [-0.4, -0.2) is 17.0 Å². The number of amides is 1. The van der Waals surface area contributed by atoms with E-state index in [-0.39, 0.29) is 18.2 Å². The van der Waals surface area contributed by atoms with Crippen molar-refractivity contribution in [2.24, 2.45) is 0 Å². The second kappa shape index (κ2) is 4.79. The Kier molecular flexibility index (Phi) is 3.18. The Morgan fingerprint density at radius 1 is 1.39 bits per heavy atom. The highest BCUT2D eigenvalue weighted by Gasteiger charge is 2.11. The van der Waals surface area contributed by atoms with Gasteiger partial charge in [-0.15, -0.1) is 0 Å². The minimum Gasteiger partial charge on any atom is -0.475 e. The standard InChI is InChI=1S/C12H11NO5/c1-7-4-8(6-17-7)11(14)13-5-9-2-3-10(18-9)12(15)16/h2-4,6H,5H2,1H3,(H,13,14)(H,15,16). The molecule has 0 saturated carbocycles. The number of carbonyl (C=O) groups is 2. The van der Waals surface area contributed by atoms with Crippen molar-refractivity contribution in [2.75, 3.05) is 0 Å². The molecule has 1 amide bonds. The Balaban J connectivity index is 1.95. The van der Waals surface area contributed by atoms with Gasteiger partial charge in [0.05, 0.1) is 12.1 Å². The molecule has 0 bridgehead atoms. The van der Waals surface area contributed by atoms with Crippen LogP contribution in [0.15, 0.2) is 33.3 Å². The van der Waals surface area contributed by atoms with E-state index < -0.39 is 5.97 Å². The molecule has 0 unspecified atom stereocenters. The van der Waals surface area contributed by atoms with Gasteiger partial charge < -0.3 is 19.3 Å². The zero-order valence-electron chi connectivity index (χ0n) is 9.60. The summed E-state index contributed by atoms with van der Waals surface area (Å²) in [5, 5.41) is 11.3. The number of carboxylic acids is 1. The molecule has 2 rings (SSSR count). The van der Waals surface area contributed by atoms with Gasteiger partial charge in [-0.3, -0.25) is 4.79 Å². The Morgan fingerprint density at radius 2 is 2.17 bits per heavy atom. The van der Waals surface area contributed by atoms with E-state index >= 15 is 0 Å². The van der Waals surface area contributed by atoms with E-state index in [1.165, 1.54) is 18.4 Å². The first kappa shape index (κ1) is 12.0. The van der Waals surface area contributed by atoms with Crippen LogP contribution >= 0.6 is 0 Å². The molecule has 0 aliphatic heterocycles. The average Bonchev–Trinajstić information content (AvgIpc) is 2.94. The molecule has 2 aromatic heterocycles. The minimum atomic E-state index is -1.14. The van der Waals surface area contributed by atoms with Crippen molar-refractivity contribution < 1.29 is 23.5 Å². The van der Waals surface area contributed by atoms with Crippen LogP contribution in [0.3, 0.4) is 0 Å². The number of hydrogen-bond acceptors (Lipinski definition) is 4. The molecule has 0 radical (unpaired) electrons. The fraction of sp³-hybridized carbons (Fsp3) is 0.167. The molecule has 0 saturated heterocycles. The Labute approximate surface area is 102 Å². The summed E-state index contributed by atoms with van der Waals surface area (Å²) in [5.41, 5.74) is 0.414. The van der Waals surface area contributed by atoms with E-state index in [0.29, 0.717) is 17.1 Å². The lowest BCUT2D eigenvalue weighted by Crippen LogP contribution is -2.21. The molecule has 6 heteroatoms. The first-order valence-corrected chi connectivity index (χ1v) is 5.21. The number of hydrogen-bond donors (Lipinski definition) is 2. The van der Waals surface area contributed by atoms with Gasteiger partial charge in [-0.2, -0.15) is 0 Å². The van der Waals surface area contributed by atoms with Gasteiger partial charge in [-0.05, 0) is 25.1 Å². The third-order valence-corrected chi connectivity index (χ3v) is 2.29. The Bertz CT molecular complexity index is 581. The maximum absolute atomic E-state index is 11.6. The van der Waals surface area contributed by atoms with E-state index in [1.54, 1.807) is 13.0 Å². The van der Waals surface area contributed by atoms with Crippen LogP contribution in [0.25, 0.3) is 0 Å². The van der Waals surface area contributed by atoms with Gasteiger partial charge in [0, 0.05) is 0 Å². The van der Waals surface area contributed by atoms with Crippen LogP contribution in [0.2, 0.25) is 0 Å². The number of aromatic carboxylic acids is 1. The first-order chi connectivity index (χ1) is 8.56. The molecule has 2 heterocycles. The molecule has 0 aliphatic rings. The summed E-state index contributed by atoms with van der Waals surface area (Å²) in [6, 6.07) is 4.45. The lowest BCUT2D eigenvalue weighted by molar-refractivity contribution is 0.0660. The summed E-state index contributed by atoms with van der Waals surface area (Å²) in [6.45, 7) is 1.86. The molecule has 6 nitrogen and oxygen atoms in total. The van der Waals surface area contributed by atoms with Crippen molar-refractivity contribution in [3.05, 3.63) is 47.3 Å². The highest BCUT2D eigenvalue weighted by Crippen LogP contribution is 2.09. The summed E-state index contributed by atoms with van der Waals surface area (Å²) in [7, 11) is 0. The molecule has 94 valence electrons. The summed E-state index contributed by atoms with van der Waals surface area (Å²) in [4.78, 5) is 22.2. The Hall–Kier alpha value is -2.50. The number of carbonyl (C=O) groups excluding carboxylic acids is 1. The number of aryl methyl sites for hydroxylation is 1. The van der Waals surface area contributed by atoms with E-state index in [9.17, 15) is 9.59 Å². The van der Waals surface area contributed by atoms with Gasteiger partial charge in [0.15, 0.2) is 0 Å². The number of rotatable bonds is 4. The molecule has 0 aliphatic carbocycles. The molecule has 0 atom stereocenters. The number of carboxylic acid groups (broad SMARTS) is 1. The predicted molar refractivity (Wildman–Crippen MR) is 60.3 cm³/mol. The molecule has 0 aromatic carbocycles. The van der Waals surface area contributed by atoms with Crippen molar-refractivity contribution in [1.82, 2.24) is 5.32 Å². The van der Waals surface area contributed by atoms with Crippen molar-refractivity contribution in [3.63, 3.8) is 0 Å². The highest BCUT2D eigenvalue weighted by molar-refractivity contribution is 5.93. The summed E-state index contributed by atoms with van der Waals surface area (Å²) >= 11 is 0. The van der Waals surface area contributed by atoms with E-state index in [4.69, 9.17) is 13.9 Å². The maximum Gasteiger partial charge on any atom is 0.371 e. The molecule has 18 heavy (non-hydrogen) atoms. The normalized spacial score (nSPS) is 10.3. The maximum atomic E-state index is 11.6. The van der Waals surface area contributed by atoms with Crippen LogP contribution in [-0.2, 0) is 6.54 Å². The zero-order valence-corrected chi connectivity index (χ0v) is 9.60. The van der Waals surface area contributed by atoms with Crippen LogP contribution in [0.1, 0.15) is 32.4 Å². The van der Waals surface area contributed by atoms with Crippen molar-refractivity contribution >= 4 is 11.9 Å². The van der Waals surface area contributed by atoms with Gasteiger partial charge in [-0.25, -0.2) is 4.79 Å². The molecule has 2 aromatic rings. The Morgan fingerprint density at radius 3 is 2.72 bits per heavy atom. The molecule has 0 fully saturated rings. The lowest BCUT2D eigenvalue weighted by atomic mass is 10.3. The fourth-order valence-corrected chi connectivity index (χ4v) is 1.42. The molecule has 0 spiro atoms. The minimum absolute atomic E-state index is 0.121. The summed E-state index contributed by atoms with van der Waals surface area (Å²) < 4.78 is 10.0. The third-order valence-electron chi connectivity index (χ3n) is 2.29. The smallest absolute Gasteiger partial charge is 0.371 e. The fourth-order valence-electron chi connectivity index (χ4n) is 1.42. The largest absolute Gasteiger partial charge is 0.475 e. The topological polar surface area (TPSA) is 92.7 Å². The highest BCUT2D eigenvalue weighted by atomic mass is 16.4. The average molecular weight is 249 g/mol. The van der Waals surface area contributed by atoms with Crippen LogP contribution in [0.5, 0.6) is 0 Å². The van der Waals surface area contributed by atoms with Crippen LogP contribution in [0.4, 0.5) is 0 Å². The van der Waals surface area contributed by atoms with Crippen molar-refractivity contribution in [1.29, 1.82) is 0 Å². The van der Waals surface area contributed by atoms with E-state index in [0.717, 1.165) is 0 Å². The van der Waals surface area contributed by atoms with Crippen LogP contribution < -0.4 is 5.32 Å². The SMILES string of the molecule is Cc1cc(C(=O)NCc2ccc(C(=O)O)o2)co1. The summed E-state index contributed by atoms with van der Waals surface area (Å²) in [5.74, 6) is -0.580. The molecular weight excluding hydrogens is 238 g/mol. The van der Waals surface area contributed by atoms with E-state index in [1.807, 2.05) is 0 Å². The summed E-state index contributed by atoms with van der Waals surface area (Å²) in [6.07, 6.45) is 1.36. The van der Waals surface area contributed by atoms with E-state index in [2.05, 4.69) is 5.32 Å². The number of furan rings is 2. The molecular formula is C12H11NO5. The second-order valence-corrected chi connectivity index (χ2v) is 3.70. The monoisotopic (exact) mass is 249 g/mol. The van der Waals surface area contributed by atoms with Crippen LogP contribution in [0, 0.1) is 6.92 Å². The predicted octanol–water partition coefficient (Wildman–Crippen LogP) is 1.81. The van der Waals surface area contributed by atoms with Gasteiger partial charge in [0.2, 0.25) is 5.76 Å². The van der Waals surface area contributed by atoms with Crippen molar-refractivity contribution in [2.45, 2.75) is 13.5 Å². The van der Waals surface area contributed by atoms with Crippen molar-refractivity contribution in [3.8, 4) is 0 Å². The van der Waals surface area contributed by atoms with Gasteiger partial charge in [0.1, 0.15) is 17.8 Å². The van der Waals surface area contributed by atoms with Gasteiger partial charge in [-0.1, -0.05) is 0 Å². The zero-order chi connectivity index (χ0) is 13.1. The second-order valence-electron chi connectivity index (χ2n) is 3.70. The van der Waals surface area contributed by atoms with Gasteiger partial charge in [0.25, 0.3) is 5.91 Å². The molecule has 2 N–H and O–H groups in total. The first-order valence-electron chi connectivity index (χ1n) is 5.21. The quantitative estimate of drug-likeness (QED) is 0.861.